The van der Waals surface area contributed by atoms with E-state index in [1.165, 1.54) is 11.1 Å². The van der Waals surface area contributed by atoms with Crippen molar-refractivity contribution in [3.8, 4) is 6.07 Å². The first-order chi connectivity index (χ1) is 13.3. The quantitative estimate of drug-likeness (QED) is 0.425. The Hall–Kier alpha value is -3.38. The van der Waals surface area contributed by atoms with Crippen molar-refractivity contribution in [2.45, 2.75) is 25.7 Å². The van der Waals surface area contributed by atoms with Crippen LogP contribution >= 0.6 is 0 Å². The summed E-state index contributed by atoms with van der Waals surface area (Å²) in [6, 6.07) is 30.8. The molecule has 0 aliphatic rings. The summed E-state index contributed by atoms with van der Waals surface area (Å²) >= 11 is 0. The standard InChI is InChI=1S/C24H23N3/c1-19-9-8-14-23(17-19)26-27-24(21-12-6-3-7-13-21)18-22(15-16-25)20-10-4-2-5-11-20/h2-14,17,22,26H,15,18H2,1H3/b27-24+. The molecular formula is C24H23N3. The molecule has 1 atom stereocenters. The summed E-state index contributed by atoms with van der Waals surface area (Å²) in [7, 11) is 0. The van der Waals surface area contributed by atoms with Crippen LogP contribution in [0.25, 0.3) is 0 Å². The van der Waals surface area contributed by atoms with E-state index in [0.717, 1.165) is 17.0 Å². The Labute approximate surface area is 161 Å². The van der Waals surface area contributed by atoms with Crippen molar-refractivity contribution in [1.82, 2.24) is 0 Å². The lowest BCUT2D eigenvalue weighted by Gasteiger charge is -2.16. The van der Waals surface area contributed by atoms with Crippen molar-refractivity contribution in [1.29, 1.82) is 5.26 Å². The van der Waals surface area contributed by atoms with E-state index < -0.39 is 0 Å². The second-order valence-electron chi connectivity index (χ2n) is 6.58. The minimum absolute atomic E-state index is 0.106. The first kappa shape index (κ1) is 18.4. The highest BCUT2D eigenvalue weighted by atomic mass is 15.3. The number of nitrogens with zero attached hydrogens (tertiary/aromatic N) is 2. The van der Waals surface area contributed by atoms with Gasteiger partial charge in [0.15, 0.2) is 0 Å². The Morgan fingerprint density at radius 2 is 1.67 bits per heavy atom. The minimum Gasteiger partial charge on any atom is -0.278 e. The fourth-order valence-corrected chi connectivity index (χ4v) is 3.08. The largest absolute Gasteiger partial charge is 0.278 e. The van der Waals surface area contributed by atoms with Crippen molar-refractivity contribution >= 4 is 11.4 Å². The molecular weight excluding hydrogens is 330 g/mol. The first-order valence-electron chi connectivity index (χ1n) is 9.13. The van der Waals surface area contributed by atoms with Gasteiger partial charge < -0.3 is 0 Å². The summed E-state index contributed by atoms with van der Waals surface area (Å²) in [5, 5.41) is 14.0. The minimum atomic E-state index is 0.106. The predicted molar refractivity (Wildman–Crippen MR) is 112 cm³/mol. The lowest BCUT2D eigenvalue weighted by atomic mass is 9.89. The van der Waals surface area contributed by atoms with E-state index in [-0.39, 0.29) is 5.92 Å². The zero-order chi connectivity index (χ0) is 18.9. The number of hydrogen-bond acceptors (Lipinski definition) is 3. The molecule has 0 heterocycles. The van der Waals surface area contributed by atoms with E-state index in [1.54, 1.807) is 0 Å². The van der Waals surface area contributed by atoms with Gasteiger partial charge in [0.2, 0.25) is 0 Å². The molecule has 1 unspecified atom stereocenters. The third-order valence-corrected chi connectivity index (χ3v) is 4.49. The highest BCUT2D eigenvalue weighted by Gasteiger charge is 2.16. The van der Waals surface area contributed by atoms with Gasteiger partial charge in [0.1, 0.15) is 0 Å². The second-order valence-corrected chi connectivity index (χ2v) is 6.58. The molecule has 3 nitrogen and oxygen atoms in total. The van der Waals surface area contributed by atoms with Crippen LogP contribution in [0.15, 0.2) is 90.0 Å². The molecule has 3 aromatic carbocycles. The zero-order valence-electron chi connectivity index (χ0n) is 15.5. The Bertz CT molecular complexity index is 925. The lowest BCUT2D eigenvalue weighted by molar-refractivity contribution is 0.738. The van der Waals surface area contributed by atoms with E-state index in [9.17, 15) is 5.26 Å². The van der Waals surface area contributed by atoms with Gasteiger partial charge in [-0.2, -0.15) is 10.4 Å². The summed E-state index contributed by atoms with van der Waals surface area (Å²) in [6.45, 7) is 2.06. The molecule has 134 valence electrons. The molecule has 0 saturated carbocycles. The zero-order valence-corrected chi connectivity index (χ0v) is 15.5. The Morgan fingerprint density at radius 3 is 2.33 bits per heavy atom. The van der Waals surface area contributed by atoms with Gasteiger partial charge >= 0.3 is 0 Å². The predicted octanol–water partition coefficient (Wildman–Crippen LogP) is 5.90. The number of hydrazone groups is 1. The van der Waals surface area contributed by atoms with Crippen LogP contribution in [0.1, 0.15) is 35.4 Å². The van der Waals surface area contributed by atoms with E-state index >= 15 is 0 Å². The maximum atomic E-state index is 9.31. The van der Waals surface area contributed by atoms with Crippen molar-refractivity contribution in [2.24, 2.45) is 5.10 Å². The number of benzene rings is 3. The van der Waals surface area contributed by atoms with E-state index in [0.29, 0.717) is 12.8 Å². The smallest absolute Gasteiger partial charge is 0.0685 e. The van der Waals surface area contributed by atoms with Crippen molar-refractivity contribution < 1.29 is 0 Å². The number of anilines is 1. The van der Waals surface area contributed by atoms with Crippen LogP contribution in [0.3, 0.4) is 0 Å². The monoisotopic (exact) mass is 353 g/mol. The highest BCUT2D eigenvalue weighted by molar-refractivity contribution is 6.01. The Kier molecular flexibility index (Phi) is 6.38. The number of nitriles is 1. The molecule has 0 amide bonds. The molecule has 0 saturated heterocycles. The summed E-state index contributed by atoms with van der Waals surface area (Å²) in [4.78, 5) is 0. The number of rotatable bonds is 7. The van der Waals surface area contributed by atoms with Gasteiger partial charge in [-0.25, -0.2) is 0 Å². The average molecular weight is 353 g/mol. The van der Waals surface area contributed by atoms with Crippen molar-refractivity contribution in [3.05, 3.63) is 102 Å². The average Bonchev–Trinajstić information content (AvgIpc) is 2.72. The third kappa shape index (κ3) is 5.29. The van der Waals surface area contributed by atoms with Gasteiger partial charge in [-0.15, -0.1) is 0 Å². The molecule has 0 fully saturated rings. The van der Waals surface area contributed by atoms with E-state index in [1.807, 2.05) is 48.5 Å². The molecule has 1 N–H and O–H groups in total. The van der Waals surface area contributed by atoms with Crippen molar-refractivity contribution in [2.75, 3.05) is 5.43 Å². The maximum Gasteiger partial charge on any atom is 0.0685 e. The van der Waals surface area contributed by atoms with Crippen molar-refractivity contribution in [3.63, 3.8) is 0 Å². The number of hydrogen-bond donors (Lipinski definition) is 1. The summed E-state index contributed by atoms with van der Waals surface area (Å²) in [5.74, 6) is 0.106. The molecule has 0 aromatic heterocycles. The molecule has 0 bridgehead atoms. The second kappa shape index (κ2) is 9.35. The van der Waals surface area contributed by atoms with Crippen LogP contribution in [0.5, 0.6) is 0 Å². The molecule has 3 aromatic rings. The molecule has 0 aliphatic carbocycles. The fourth-order valence-electron chi connectivity index (χ4n) is 3.08. The van der Waals surface area contributed by atoms with Gasteiger partial charge in [-0.05, 0) is 42.2 Å². The first-order valence-corrected chi connectivity index (χ1v) is 9.13. The Morgan fingerprint density at radius 1 is 0.963 bits per heavy atom. The highest BCUT2D eigenvalue weighted by Crippen LogP contribution is 2.25. The number of aryl methyl sites for hydroxylation is 1. The molecule has 3 rings (SSSR count). The SMILES string of the molecule is Cc1cccc(N/N=C(\CC(CC#N)c2ccccc2)c2ccccc2)c1. The van der Waals surface area contributed by atoms with Crippen LogP contribution in [0.2, 0.25) is 0 Å². The van der Waals surface area contributed by atoms with E-state index in [2.05, 4.69) is 54.8 Å². The van der Waals surface area contributed by atoms with Gasteiger partial charge in [0, 0.05) is 12.3 Å². The third-order valence-electron chi connectivity index (χ3n) is 4.49. The fraction of sp³-hybridized carbons (Fsp3) is 0.167. The maximum absolute atomic E-state index is 9.31. The van der Waals surface area contributed by atoms with Crippen LogP contribution < -0.4 is 5.43 Å². The van der Waals surface area contributed by atoms with Crippen LogP contribution in [0, 0.1) is 18.3 Å². The Balaban J connectivity index is 1.89. The molecule has 0 radical (unpaired) electrons. The summed E-state index contributed by atoms with van der Waals surface area (Å²) in [6.07, 6.45) is 1.15. The molecule has 27 heavy (non-hydrogen) atoms. The molecule has 0 aliphatic heterocycles. The van der Waals surface area contributed by atoms with Crippen LogP contribution in [0.4, 0.5) is 5.69 Å². The topological polar surface area (TPSA) is 48.2 Å². The summed E-state index contributed by atoms with van der Waals surface area (Å²) in [5.41, 5.74) is 8.51. The van der Waals surface area contributed by atoms with E-state index in [4.69, 9.17) is 5.10 Å². The molecule has 0 spiro atoms. The number of nitrogens with one attached hydrogen (secondary N) is 1. The van der Waals surface area contributed by atoms with Gasteiger partial charge in [0.05, 0.1) is 17.5 Å². The molecule has 3 heteroatoms. The van der Waals surface area contributed by atoms with Crippen LogP contribution in [-0.4, -0.2) is 5.71 Å². The van der Waals surface area contributed by atoms with Gasteiger partial charge in [0.25, 0.3) is 0 Å². The summed E-state index contributed by atoms with van der Waals surface area (Å²) < 4.78 is 0. The van der Waals surface area contributed by atoms with Crippen LogP contribution in [-0.2, 0) is 0 Å². The lowest BCUT2D eigenvalue weighted by Crippen LogP contribution is -2.11. The van der Waals surface area contributed by atoms with Gasteiger partial charge in [-0.3, -0.25) is 5.43 Å². The normalized spacial score (nSPS) is 12.2. The van der Waals surface area contributed by atoms with Gasteiger partial charge in [-0.1, -0.05) is 72.8 Å².